The van der Waals surface area contributed by atoms with Crippen LogP contribution in [0.5, 0.6) is 0 Å². The first-order valence-electron chi connectivity index (χ1n) is 5.71. The quantitative estimate of drug-likeness (QED) is 0.614. The van der Waals surface area contributed by atoms with Crippen molar-refractivity contribution >= 4 is 11.0 Å². The molecular weight excluding hydrogens is 228 g/mol. The summed E-state index contributed by atoms with van der Waals surface area (Å²) in [6.45, 7) is 3.71. The number of rotatable bonds is 1. The van der Waals surface area contributed by atoms with Gasteiger partial charge >= 0.3 is 5.63 Å². The lowest BCUT2D eigenvalue weighted by molar-refractivity contribution is 0.553. The molecule has 0 spiro atoms. The van der Waals surface area contributed by atoms with Crippen molar-refractivity contribution in [3.8, 4) is 5.69 Å². The molecule has 0 fully saturated rings. The lowest BCUT2D eigenvalue weighted by Gasteiger charge is -2.06. The molecule has 1 aromatic carbocycles. The van der Waals surface area contributed by atoms with E-state index in [1.165, 1.54) is 0 Å². The van der Waals surface area contributed by atoms with Gasteiger partial charge in [0.05, 0.1) is 5.69 Å². The molecule has 0 unspecified atom stereocenters. The predicted molar refractivity (Wildman–Crippen MR) is 69.1 cm³/mol. The van der Waals surface area contributed by atoms with Gasteiger partial charge in [0, 0.05) is 29.4 Å². The van der Waals surface area contributed by atoms with Gasteiger partial charge in [-0.25, -0.2) is 9.48 Å². The Morgan fingerprint density at radius 3 is 2.78 bits per heavy atom. The second kappa shape index (κ2) is 3.84. The summed E-state index contributed by atoms with van der Waals surface area (Å²) in [5.41, 5.74) is 2.82. The van der Waals surface area contributed by atoms with E-state index in [0.717, 1.165) is 16.6 Å². The summed E-state index contributed by atoms with van der Waals surface area (Å²) in [6.07, 6.45) is 3.56. The Bertz CT molecular complexity index is 770. The van der Waals surface area contributed by atoms with E-state index in [0.29, 0.717) is 11.1 Å². The highest BCUT2D eigenvalue weighted by Crippen LogP contribution is 2.21. The minimum Gasteiger partial charge on any atom is -0.422 e. The molecule has 2 aromatic heterocycles. The Morgan fingerprint density at radius 1 is 1.22 bits per heavy atom. The van der Waals surface area contributed by atoms with Gasteiger partial charge in [-0.2, -0.15) is 5.10 Å². The van der Waals surface area contributed by atoms with Crippen LogP contribution in [-0.4, -0.2) is 9.78 Å². The second-order valence-corrected chi connectivity index (χ2v) is 4.27. The lowest BCUT2D eigenvalue weighted by atomic mass is 10.1. The molecule has 0 radical (unpaired) electrons. The van der Waals surface area contributed by atoms with Gasteiger partial charge in [0.2, 0.25) is 0 Å². The molecule has 0 N–H and O–H groups in total. The van der Waals surface area contributed by atoms with Crippen molar-refractivity contribution in [1.82, 2.24) is 9.78 Å². The topological polar surface area (TPSA) is 48.0 Å². The molecule has 0 aliphatic rings. The van der Waals surface area contributed by atoms with Gasteiger partial charge < -0.3 is 4.42 Å². The fourth-order valence-corrected chi connectivity index (χ4v) is 2.00. The Morgan fingerprint density at radius 2 is 2.06 bits per heavy atom. The normalized spacial score (nSPS) is 11.0. The average molecular weight is 240 g/mol. The van der Waals surface area contributed by atoms with E-state index >= 15 is 0 Å². The standard InChI is InChI=1S/C14H12N2O2/c1-9-10(2)14(17)18-13-8-11(4-5-12(9)13)16-7-3-6-15-16/h3-8H,1-2H3. The first-order valence-corrected chi connectivity index (χ1v) is 5.71. The minimum atomic E-state index is -0.280. The highest BCUT2D eigenvalue weighted by molar-refractivity contribution is 5.82. The zero-order chi connectivity index (χ0) is 12.7. The molecule has 0 saturated heterocycles. The summed E-state index contributed by atoms with van der Waals surface area (Å²) in [4.78, 5) is 11.7. The fraction of sp³-hybridized carbons (Fsp3) is 0.143. The van der Waals surface area contributed by atoms with Crippen LogP contribution < -0.4 is 5.63 Å². The van der Waals surface area contributed by atoms with Gasteiger partial charge in [-0.1, -0.05) is 0 Å². The fourth-order valence-electron chi connectivity index (χ4n) is 2.00. The first kappa shape index (κ1) is 10.8. The maximum atomic E-state index is 11.7. The van der Waals surface area contributed by atoms with Gasteiger partial charge in [-0.05, 0) is 37.6 Å². The van der Waals surface area contributed by atoms with Gasteiger partial charge in [0.15, 0.2) is 0 Å². The summed E-state index contributed by atoms with van der Waals surface area (Å²) >= 11 is 0. The highest BCUT2D eigenvalue weighted by atomic mass is 16.4. The SMILES string of the molecule is Cc1c(C)c2ccc(-n3cccn3)cc2oc1=O. The molecule has 0 amide bonds. The molecule has 3 rings (SSSR count). The van der Waals surface area contributed by atoms with Crippen LogP contribution in [-0.2, 0) is 0 Å². The number of aromatic nitrogens is 2. The third-order valence-corrected chi connectivity index (χ3v) is 3.21. The molecule has 2 heterocycles. The van der Waals surface area contributed by atoms with E-state index in [2.05, 4.69) is 5.10 Å². The largest absolute Gasteiger partial charge is 0.422 e. The maximum absolute atomic E-state index is 11.7. The van der Waals surface area contributed by atoms with Crippen molar-refractivity contribution in [3.05, 3.63) is 58.2 Å². The molecule has 4 nitrogen and oxygen atoms in total. The van der Waals surface area contributed by atoms with Crippen LogP contribution in [0.25, 0.3) is 16.7 Å². The van der Waals surface area contributed by atoms with Crippen LogP contribution in [0.2, 0.25) is 0 Å². The monoisotopic (exact) mass is 240 g/mol. The Labute approximate surface area is 103 Å². The van der Waals surface area contributed by atoms with Crippen LogP contribution in [0, 0.1) is 13.8 Å². The van der Waals surface area contributed by atoms with E-state index < -0.39 is 0 Å². The van der Waals surface area contributed by atoms with Gasteiger partial charge in [-0.15, -0.1) is 0 Å². The number of hydrogen-bond donors (Lipinski definition) is 0. The van der Waals surface area contributed by atoms with Crippen molar-refractivity contribution in [2.75, 3.05) is 0 Å². The molecule has 0 atom stereocenters. The molecule has 4 heteroatoms. The number of fused-ring (bicyclic) bond motifs is 1. The number of aryl methyl sites for hydroxylation is 1. The number of hydrogen-bond acceptors (Lipinski definition) is 3. The summed E-state index contributed by atoms with van der Waals surface area (Å²) < 4.78 is 7.05. The maximum Gasteiger partial charge on any atom is 0.339 e. The van der Waals surface area contributed by atoms with Gasteiger partial charge in [-0.3, -0.25) is 0 Å². The molecule has 0 aliphatic heterocycles. The second-order valence-electron chi connectivity index (χ2n) is 4.27. The van der Waals surface area contributed by atoms with Crippen LogP contribution >= 0.6 is 0 Å². The van der Waals surface area contributed by atoms with E-state index in [4.69, 9.17) is 4.42 Å². The smallest absolute Gasteiger partial charge is 0.339 e. The summed E-state index contributed by atoms with van der Waals surface area (Å²) in [5, 5.41) is 5.11. The van der Waals surface area contributed by atoms with E-state index in [9.17, 15) is 4.79 Å². The molecule has 0 aliphatic carbocycles. The molecule has 3 aromatic rings. The summed E-state index contributed by atoms with van der Waals surface area (Å²) in [7, 11) is 0. The molecule has 18 heavy (non-hydrogen) atoms. The van der Waals surface area contributed by atoms with E-state index in [1.807, 2.05) is 37.4 Å². The number of benzene rings is 1. The minimum absolute atomic E-state index is 0.280. The van der Waals surface area contributed by atoms with Crippen molar-refractivity contribution in [3.63, 3.8) is 0 Å². The highest BCUT2D eigenvalue weighted by Gasteiger charge is 2.08. The Hall–Kier alpha value is -2.36. The van der Waals surface area contributed by atoms with Crippen LogP contribution in [0.3, 0.4) is 0 Å². The van der Waals surface area contributed by atoms with Crippen molar-refractivity contribution in [2.45, 2.75) is 13.8 Å². The van der Waals surface area contributed by atoms with Gasteiger partial charge in [0.1, 0.15) is 5.58 Å². The Kier molecular flexibility index (Phi) is 2.30. The first-order chi connectivity index (χ1) is 8.66. The molecule has 90 valence electrons. The van der Waals surface area contributed by atoms with Crippen LogP contribution in [0.4, 0.5) is 0 Å². The van der Waals surface area contributed by atoms with E-state index in [-0.39, 0.29) is 5.63 Å². The lowest BCUT2D eigenvalue weighted by Crippen LogP contribution is -2.06. The molecule has 0 saturated carbocycles. The number of nitrogens with zero attached hydrogens (tertiary/aromatic N) is 2. The van der Waals surface area contributed by atoms with E-state index in [1.54, 1.807) is 17.8 Å². The molecule has 0 bridgehead atoms. The zero-order valence-corrected chi connectivity index (χ0v) is 10.2. The third-order valence-electron chi connectivity index (χ3n) is 3.21. The van der Waals surface area contributed by atoms with Crippen LogP contribution in [0.1, 0.15) is 11.1 Å². The average Bonchev–Trinajstić information content (AvgIpc) is 2.89. The van der Waals surface area contributed by atoms with Gasteiger partial charge in [0.25, 0.3) is 0 Å². The Balaban J connectivity index is 2.31. The third kappa shape index (κ3) is 1.54. The molecular formula is C14H12N2O2. The van der Waals surface area contributed by atoms with Crippen molar-refractivity contribution < 1.29 is 4.42 Å². The van der Waals surface area contributed by atoms with Crippen molar-refractivity contribution in [1.29, 1.82) is 0 Å². The summed E-state index contributed by atoms with van der Waals surface area (Å²) in [6, 6.07) is 7.59. The predicted octanol–water partition coefficient (Wildman–Crippen LogP) is 2.60. The van der Waals surface area contributed by atoms with Crippen molar-refractivity contribution in [2.24, 2.45) is 0 Å². The van der Waals surface area contributed by atoms with Crippen LogP contribution in [0.15, 0.2) is 45.9 Å². The summed E-state index contributed by atoms with van der Waals surface area (Å²) in [5.74, 6) is 0. The zero-order valence-electron chi connectivity index (χ0n) is 10.2.